The number of rotatable bonds is 7. The van der Waals surface area contributed by atoms with E-state index in [1.807, 2.05) is 0 Å². The summed E-state index contributed by atoms with van der Waals surface area (Å²) in [6.45, 7) is -1.38. The maximum atomic E-state index is 12.5. The Bertz CT molecular complexity index is 708. The van der Waals surface area contributed by atoms with E-state index in [0.29, 0.717) is 24.9 Å². The smallest absolute Gasteiger partial charge is 0.422 e. The van der Waals surface area contributed by atoms with E-state index in [1.54, 1.807) is 11.0 Å². The Morgan fingerprint density at radius 2 is 1.73 bits per heavy atom. The third-order valence-corrected chi connectivity index (χ3v) is 4.59. The predicted molar refractivity (Wildman–Crippen MR) is 96.6 cm³/mol. The Balaban J connectivity index is 1.88. The number of nitrogens with zero attached hydrogens (tertiary/aromatic N) is 2. The number of ether oxygens (including phenoxy) is 2. The van der Waals surface area contributed by atoms with Crippen LogP contribution in [0.5, 0.6) is 11.5 Å². The van der Waals surface area contributed by atoms with Crippen LogP contribution in [0.1, 0.15) is 18.4 Å². The summed E-state index contributed by atoms with van der Waals surface area (Å²) < 4.78 is 84.3. The molecule has 1 aromatic rings. The van der Waals surface area contributed by atoms with Crippen molar-refractivity contribution in [2.45, 2.75) is 31.6 Å². The van der Waals surface area contributed by atoms with Crippen molar-refractivity contribution < 1.29 is 40.6 Å². The Labute approximate surface area is 170 Å². The van der Waals surface area contributed by atoms with Gasteiger partial charge in [0.1, 0.15) is 0 Å². The zero-order chi connectivity index (χ0) is 22.4. The molecule has 0 aliphatic carbocycles. The van der Waals surface area contributed by atoms with E-state index in [-0.39, 0.29) is 43.5 Å². The van der Waals surface area contributed by atoms with Gasteiger partial charge in [-0.2, -0.15) is 26.3 Å². The summed E-state index contributed by atoms with van der Waals surface area (Å²) in [7, 11) is 1.30. The topological polar surface area (TPSA) is 42.0 Å². The second-order valence-corrected chi connectivity index (χ2v) is 7.01. The predicted octanol–water partition coefficient (Wildman–Crippen LogP) is 3.67. The van der Waals surface area contributed by atoms with Gasteiger partial charge in [0.15, 0.2) is 18.1 Å². The molecule has 1 aliphatic rings. The summed E-state index contributed by atoms with van der Waals surface area (Å²) in [5, 5.41) is 0. The number of hydrogen-bond acceptors (Lipinski definition) is 4. The fourth-order valence-corrected chi connectivity index (χ4v) is 3.19. The fraction of sp³-hybridized carbons (Fsp3) is 0.632. The van der Waals surface area contributed by atoms with Crippen molar-refractivity contribution in [2.24, 2.45) is 0 Å². The lowest BCUT2D eigenvalue weighted by Crippen LogP contribution is -2.38. The zero-order valence-corrected chi connectivity index (χ0v) is 16.5. The molecule has 5 nitrogen and oxygen atoms in total. The summed E-state index contributed by atoms with van der Waals surface area (Å²) in [5.41, 5.74) is 0.674. The lowest BCUT2D eigenvalue weighted by Gasteiger charge is -2.23. The van der Waals surface area contributed by atoms with E-state index >= 15 is 0 Å². The van der Waals surface area contributed by atoms with E-state index in [4.69, 9.17) is 9.47 Å². The molecule has 11 heteroatoms. The van der Waals surface area contributed by atoms with Crippen LogP contribution >= 0.6 is 0 Å². The Morgan fingerprint density at radius 3 is 2.37 bits per heavy atom. The monoisotopic (exact) mass is 442 g/mol. The second-order valence-electron chi connectivity index (χ2n) is 7.01. The number of amides is 1. The van der Waals surface area contributed by atoms with Crippen molar-refractivity contribution in [3.8, 4) is 11.5 Å². The van der Waals surface area contributed by atoms with Crippen LogP contribution in [0.3, 0.4) is 0 Å². The molecule has 1 aromatic carbocycles. The molecule has 1 heterocycles. The van der Waals surface area contributed by atoms with Gasteiger partial charge in [0.25, 0.3) is 0 Å². The van der Waals surface area contributed by atoms with Crippen molar-refractivity contribution in [1.82, 2.24) is 9.80 Å². The van der Waals surface area contributed by atoms with Gasteiger partial charge >= 0.3 is 12.4 Å². The van der Waals surface area contributed by atoms with Crippen LogP contribution in [0.15, 0.2) is 18.2 Å². The minimum atomic E-state index is -4.47. The number of aryl methyl sites for hydroxylation is 1. The van der Waals surface area contributed by atoms with Gasteiger partial charge in [-0.1, -0.05) is 6.07 Å². The minimum Gasteiger partial charge on any atom is -0.493 e. The van der Waals surface area contributed by atoms with Gasteiger partial charge < -0.3 is 14.4 Å². The van der Waals surface area contributed by atoms with Crippen molar-refractivity contribution in [3.05, 3.63) is 23.8 Å². The maximum absolute atomic E-state index is 12.5. The molecular weight excluding hydrogens is 418 g/mol. The Kier molecular flexibility index (Phi) is 8.22. The molecule has 170 valence electrons. The molecule has 0 bridgehead atoms. The largest absolute Gasteiger partial charge is 0.493 e. The molecule has 2 rings (SSSR count). The molecule has 1 aliphatic heterocycles. The first kappa shape index (κ1) is 24.1. The summed E-state index contributed by atoms with van der Waals surface area (Å²) in [5.74, 6) is -0.107. The highest BCUT2D eigenvalue weighted by molar-refractivity contribution is 5.76. The first-order chi connectivity index (χ1) is 14.0. The van der Waals surface area contributed by atoms with E-state index in [0.717, 1.165) is 0 Å². The molecule has 30 heavy (non-hydrogen) atoms. The summed E-state index contributed by atoms with van der Waals surface area (Å²) in [6.07, 6.45) is -7.84. The maximum Gasteiger partial charge on any atom is 0.422 e. The zero-order valence-electron chi connectivity index (χ0n) is 16.5. The van der Waals surface area contributed by atoms with E-state index < -0.39 is 25.5 Å². The van der Waals surface area contributed by atoms with Crippen molar-refractivity contribution in [3.63, 3.8) is 0 Å². The van der Waals surface area contributed by atoms with Crippen LogP contribution in [0.25, 0.3) is 0 Å². The first-order valence-corrected chi connectivity index (χ1v) is 9.40. The summed E-state index contributed by atoms with van der Waals surface area (Å²) in [4.78, 5) is 15.3. The lowest BCUT2D eigenvalue weighted by atomic mass is 10.1. The standard InChI is InChI=1S/C19H24F6N2O3/c1-29-16-11-14(3-5-15(16)30-13-19(23,24)25)4-6-17(28)27-8-2-7-26(9-10-27)12-18(20,21)22/h3,5,11H,2,4,6-10,12-13H2,1H3. The Morgan fingerprint density at radius 1 is 1.00 bits per heavy atom. The number of benzene rings is 1. The molecule has 1 saturated heterocycles. The van der Waals surface area contributed by atoms with Gasteiger partial charge in [0.05, 0.1) is 13.7 Å². The first-order valence-electron chi connectivity index (χ1n) is 9.40. The van der Waals surface area contributed by atoms with E-state index in [9.17, 15) is 31.1 Å². The molecule has 0 N–H and O–H groups in total. The minimum absolute atomic E-state index is 0.0535. The molecule has 0 radical (unpaired) electrons. The molecule has 0 spiro atoms. The van der Waals surface area contributed by atoms with Gasteiger partial charge in [-0.25, -0.2) is 0 Å². The van der Waals surface area contributed by atoms with Crippen molar-refractivity contribution in [1.29, 1.82) is 0 Å². The normalized spacial score (nSPS) is 16.3. The molecule has 0 saturated carbocycles. The fourth-order valence-electron chi connectivity index (χ4n) is 3.19. The molecule has 0 atom stereocenters. The van der Waals surface area contributed by atoms with Crippen molar-refractivity contribution >= 4 is 5.91 Å². The van der Waals surface area contributed by atoms with Crippen LogP contribution in [0.4, 0.5) is 26.3 Å². The highest BCUT2D eigenvalue weighted by Gasteiger charge is 2.32. The molecular formula is C19H24F6N2O3. The highest BCUT2D eigenvalue weighted by atomic mass is 19.4. The number of methoxy groups -OCH3 is 1. The molecule has 1 amide bonds. The summed E-state index contributed by atoms with van der Waals surface area (Å²) in [6, 6.07) is 4.41. The number of halogens is 6. The van der Waals surface area contributed by atoms with Crippen LogP contribution in [0, 0.1) is 0 Å². The summed E-state index contributed by atoms with van der Waals surface area (Å²) >= 11 is 0. The number of carbonyl (C=O) groups is 1. The van der Waals surface area contributed by atoms with Crippen LogP contribution in [0.2, 0.25) is 0 Å². The third kappa shape index (κ3) is 8.29. The number of carbonyl (C=O) groups excluding carboxylic acids is 1. The molecule has 0 unspecified atom stereocenters. The highest BCUT2D eigenvalue weighted by Crippen LogP contribution is 2.30. The number of alkyl halides is 6. The molecule has 0 aromatic heterocycles. The van der Waals surface area contributed by atoms with Gasteiger partial charge in [-0.15, -0.1) is 0 Å². The second kappa shape index (κ2) is 10.2. The SMILES string of the molecule is COc1cc(CCC(=O)N2CCCN(CC(F)(F)F)CC2)ccc1OCC(F)(F)F. The van der Waals surface area contributed by atoms with E-state index in [2.05, 4.69) is 0 Å². The average molecular weight is 442 g/mol. The third-order valence-electron chi connectivity index (χ3n) is 4.59. The van der Waals surface area contributed by atoms with Crippen LogP contribution < -0.4 is 9.47 Å². The van der Waals surface area contributed by atoms with Crippen LogP contribution in [-0.2, 0) is 11.2 Å². The van der Waals surface area contributed by atoms with Crippen molar-refractivity contribution in [2.75, 3.05) is 46.4 Å². The van der Waals surface area contributed by atoms with Gasteiger partial charge in [0.2, 0.25) is 5.91 Å². The van der Waals surface area contributed by atoms with Gasteiger partial charge in [0, 0.05) is 32.6 Å². The lowest BCUT2D eigenvalue weighted by molar-refractivity contribution is -0.153. The molecule has 1 fully saturated rings. The van der Waals surface area contributed by atoms with Gasteiger partial charge in [-0.3, -0.25) is 9.69 Å². The van der Waals surface area contributed by atoms with Gasteiger partial charge in [-0.05, 0) is 30.5 Å². The van der Waals surface area contributed by atoms with E-state index in [1.165, 1.54) is 24.1 Å². The average Bonchev–Trinajstić information content (AvgIpc) is 2.88. The Hall–Kier alpha value is -2.17. The number of hydrogen-bond donors (Lipinski definition) is 0. The quantitative estimate of drug-likeness (QED) is 0.605. The van der Waals surface area contributed by atoms with Crippen LogP contribution in [-0.4, -0.2) is 74.5 Å².